The summed E-state index contributed by atoms with van der Waals surface area (Å²) in [5.41, 5.74) is 0.659. The van der Waals surface area contributed by atoms with Crippen LogP contribution in [0.25, 0.3) is 0 Å². The third-order valence-corrected chi connectivity index (χ3v) is 1.78. The van der Waals surface area contributed by atoms with Crippen LogP contribution >= 0.6 is 0 Å². The lowest BCUT2D eigenvalue weighted by molar-refractivity contribution is -0.384. The molecule has 0 saturated carbocycles. The summed E-state index contributed by atoms with van der Waals surface area (Å²) in [6.07, 6.45) is 0. The second kappa shape index (κ2) is 5.69. The Kier molecular flexibility index (Phi) is 4.26. The van der Waals surface area contributed by atoms with E-state index in [0.29, 0.717) is 18.1 Å². The van der Waals surface area contributed by atoms with Gasteiger partial charge in [-0.2, -0.15) is 0 Å². The maximum Gasteiger partial charge on any atom is 0.269 e. The summed E-state index contributed by atoms with van der Waals surface area (Å²) in [4.78, 5) is 14.6. The van der Waals surface area contributed by atoms with Crippen molar-refractivity contribution in [3.05, 3.63) is 39.9 Å². The number of ether oxygens (including phenoxy) is 1. The standard InChI is InChI=1S/C10H12N2O4/c1-3-16-10(11-15-2)8-4-6-9(7-5-8)12(13)14/h4-7H,3H2,1-2H3/b11-10+. The van der Waals surface area contributed by atoms with E-state index in [2.05, 4.69) is 9.99 Å². The highest BCUT2D eigenvalue weighted by molar-refractivity contribution is 5.93. The minimum absolute atomic E-state index is 0.0250. The fraction of sp³-hybridized carbons (Fsp3) is 0.300. The summed E-state index contributed by atoms with van der Waals surface area (Å²) in [5, 5.41) is 14.1. The number of nitro benzene ring substituents is 1. The zero-order valence-electron chi connectivity index (χ0n) is 9.04. The van der Waals surface area contributed by atoms with E-state index in [9.17, 15) is 10.1 Å². The fourth-order valence-electron chi connectivity index (χ4n) is 1.11. The molecule has 0 aliphatic rings. The van der Waals surface area contributed by atoms with E-state index in [-0.39, 0.29) is 5.69 Å². The highest BCUT2D eigenvalue weighted by Gasteiger charge is 2.09. The molecule has 0 aliphatic carbocycles. The third-order valence-electron chi connectivity index (χ3n) is 1.78. The first-order valence-electron chi connectivity index (χ1n) is 4.67. The molecule has 0 amide bonds. The van der Waals surface area contributed by atoms with Crippen molar-refractivity contribution in [1.29, 1.82) is 0 Å². The van der Waals surface area contributed by atoms with Gasteiger partial charge in [-0.3, -0.25) is 10.1 Å². The van der Waals surface area contributed by atoms with Gasteiger partial charge < -0.3 is 9.57 Å². The molecule has 0 bridgehead atoms. The van der Waals surface area contributed by atoms with Crippen molar-refractivity contribution in [1.82, 2.24) is 0 Å². The third kappa shape index (κ3) is 2.94. The van der Waals surface area contributed by atoms with Gasteiger partial charge in [-0.1, -0.05) is 0 Å². The van der Waals surface area contributed by atoms with E-state index < -0.39 is 4.92 Å². The Labute approximate surface area is 92.6 Å². The van der Waals surface area contributed by atoms with Crippen LogP contribution in [-0.4, -0.2) is 24.5 Å². The Bertz CT molecular complexity index is 386. The van der Waals surface area contributed by atoms with Crippen LogP contribution < -0.4 is 0 Å². The molecule has 0 N–H and O–H groups in total. The first-order valence-corrected chi connectivity index (χ1v) is 4.67. The molecule has 1 aromatic rings. The van der Waals surface area contributed by atoms with Crippen molar-refractivity contribution >= 4 is 11.6 Å². The summed E-state index contributed by atoms with van der Waals surface area (Å²) in [6, 6.07) is 5.90. The Balaban J connectivity index is 2.94. The van der Waals surface area contributed by atoms with Crippen molar-refractivity contribution in [3.8, 4) is 0 Å². The fourth-order valence-corrected chi connectivity index (χ4v) is 1.11. The number of hydrogen-bond acceptors (Lipinski definition) is 5. The smallest absolute Gasteiger partial charge is 0.269 e. The topological polar surface area (TPSA) is 74.0 Å². The van der Waals surface area contributed by atoms with Crippen LogP contribution in [0, 0.1) is 10.1 Å². The molecule has 0 unspecified atom stereocenters. The molecule has 0 spiro atoms. The number of non-ortho nitro benzene ring substituents is 1. The number of hydrogen-bond donors (Lipinski definition) is 0. The highest BCUT2D eigenvalue weighted by Crippen LogP contribution is 2.13. The zero-order valence-corrected chi connectivity index (χ0v) is 9.04. The molecule has 0 fully saturated rings. The maximum absolute atomic E-state index is 10.5. The number of oxime groups is 1. The van der Waals surface area contributed by atoms with Crippen molar-refractivity contribution in [2.75, 3.05) is 13.7 Å². The molecule has 0 aromatic heterocycles. The van der Waals surface area contributed by atoms with E-state index in [1.807, 2.05) is 6.92 Å². The lowest BCUT2D eigenvalue weighted by Gasteiger charge is -2.05. The van der Waals surface area contributed by atoms with Crippen LogP contribution in [0.3, 0.4) is 0 Å². The van der Waals surface area contributed by atoms with Gasteiger partial charge in [0.15, 0.2) is 0 Å². The summed E-state index contributed by atoms with van der Waals surface area (Å²) in [6.45, 7) is 2.26. The SMILES string of the molecule is CCO/C(=N/OC)c1ccc([N+](=O)[O-])cc1. The van der Waals surface area contributed by atoms with Gasteiger partial charge in [0, 0.05) is 17.7 Å². The Hall–Kier alpha value is -2.11. The lowest BCUT2D eigenvalue weighted by atomic mass is 10.2. The molecule has 6 nitrogen and oxygen atoms in total. The summed E-state index contributed by atoms with van der Waals surface area (Å²) >= 11 is 0. The number of nitro groups is 1. The Morgan fingerprint density at radius 3 is 2.50 bits per heavy atom. The second-order valence-corrected chi connectivity index (χ2v) is 2.82. The van der Waals surface area contributed by atoms with Crippen LogP contribution in [0.4, 0.5) is 5.69 Å². The van der Waals surface area contributed by atoms with Gasteiger partial charge in [-0.25, -0.2) is 0 Å². The number of nitrogens with zero attached hydrogens (tertiary/aromatic N) is 2. The van der Waals surface area contributed by atoms with Gasteiger partial charge in [-0.15, -0.1) is 0 Å². The van der Waals surface area contributed by atoms with Crippen molar-refractivity contribution in [2.45, 2.75) is 6.92 Å². The van der Waals surface area contributed by atoms with Gasteiger partial charge >= 0.3 is 0 Å². The van der Waals surface area contributed by atoms with E-state index in [0.717, 1.165) is 0 Å². The lowest BCUT2D eigenvalue weighted by Crippen LogP contribution is -2.07. The molecule has 0 atom stereocenters. The van der Waals surface area contributed by atoms with E-state index in [1.54, 1.807) is 12.1 Å². The molecule has 0 radical (unpaired) electrons. The molecule has 0 heterocycles. The van der Waals surface area contributed by atoms with Crippen LogP contribution in [0.1, 0.15) is 12.5 Å². The predicted molar refractivity (Wildman–Crippen MR) is 58.3 cm³/mol. The second-order valence-electron chi connectivity index (χ2n) is 2.82. The summed E-state index contributed by atoms with van der Waals surface area (Å²) in [5.74, 6) is 0.305. The molecule has 16 heavy (non-hydrogen) atoms. The molecule has 1 aromatic carbocycles. The van der Waals surface area contributed by atoms with E-state index in [4.69, 9.17) is 4.74 Å². The first-order chi connectivity index (χ1) is 7.69. The van der Waals surface area contributed by atoms with Gasteiger partial charge in [0.25, 0.3) is 11.6 Å². The van der Waals surface area contributed by atoms with Crippen LogP contribution in [0.15, 0.2) is 29.4 Å². The number of benzene rings is 1. The molecule has 0 saturated heterocycles. The highest BCUT2D eigenvalue weighted by atomic mass is 16.6. The van der Waals surface area contributed by atoms with Gasteiger partial charge in [-0.05, 0) is 24.2 Å². The first kappa shape index (κ1) is 12.0. The molecule has 86 valence electrons. The van der Waals surface area contributed by atoms with Gasteiger partial charge in [0.05, 0.1) is 11.5 Å². The Morgan fingerprint density at radius 1 is 1.44 bits per heavy atom. The van der Waals surface area contributed by atoms with Crippen LogP contribution in [0.5, 0.6) is 0 Å². The van der Waals surface area contributed by atoms with Crippen molar-refractivity contribution in [3.63, 3.8) is 0 Å². The van der Waals surface area contributed by atoms with Gasteiger partial charge in [0.2, 0.25) is 0 Å². The van der Waals surface area contributed by atoms with E-state index in [1.165, 1.54) is 19.2 Å². The average molecular weight is 224 g/mol. The van der Waals surface area contributed by atoms with Crippen molar-refractivity contribution < 1.29 is 14.5 Å². The molecule has 6 heteroatoms. The van der Waals surface area contributed by atoms with Crippen LogP contribution in [-0.2, 0) is 9.57 Å². The molecule has 0 aliphatic heterocycles. The zero-order chi connectivity index (χ0) is 12.0. The van der Waals surface area contributed by atoms with Gasteiger partial charge in [0.1, 0.15) is 7.11 Å². The summed E-state index contributed by atoms with van der Waals surface area (Å²) in [7, 11) is 1.41. The average Bonchev–Trinajstić information content (AvgIpc) is 2.29. The van der Waals surface area contributed by atoms with Crippen molar-refractivity contribution in [2.24, 2.45) is 5.16 Å². The maximum atomic E-state index is 10.5. The normalized spacial score (nSPS) is 11.0. The minimum atomic E-state index is -0.461. The molecular formula is C10H12N2O4. The van der Waals surface area contributed by atoms with E-state index >= 15 is 0 Å². The molecular weight excluding hydrogens is 212 g/mol. The molecule has 1 rings (SSSR count). The number of rotatable bonds is 4. The Morgan fingerprint density at radius 2 is 2.06 bits per heavy atom. The monoisotopic (exact) mass is 224 g/mol. The largest absolute Gasteiger partial charge is 0.475 e. The van der Waals surface area contributed by atoms with Crippen LogP contribution in [0.2, 0.25) is 0 Å². The quantitative estimate of drug-likeness (QED) is 0.339. The predicted octanol–water partition coefficient (Wildman–Crippen LogP) is 1.94. The summed E-state index contributed by atoms with van der Waals surface area (Å²) < 4.78 is 5.22. The minimum Gasteiger partial charge on any atom is -0.475 e.